The number of anilines is 1. The summed E-state index contributed by atoms with van der Waals surface area (Å²) in [5.74, 6) is 1.73. The molecule has 0 unspecified atom stereocenters. The molecule has 2 heterocycles. The fraction of sp³-hybridized carbons (Fsp3) is 0.444. The molecule has 2 aromatic rings. The lowest BCUT2D eigenvalue weighted by atomic mass is 10.4. The van der Waals surface area contributed by atoms with Gasteiger partial charge in [0.1, 0.15) is 11.6 Å². The van der Waals surface area contributed by atoms with Gasteiger partial charge in [-0.25, -0.2) is 9.97 Å². The summed E-state index contributed by atoms with van der Waals surface area (Å²) in [5, 5.41) is 4.01. The lowest BCUT2D eigenvalue weighted by Crippen LogP contribution is -2.00. The molecule has 0 spiro atoms. The Morgan fingerprint density at radius 1 is 1.27 bits per heavy atom. The first kappa shape index (κ1) is 10.1. The first-order chi connectivity index (χ1) is 7.15. The summed E-state index contributed by atoms with van der Waals surface area (Å²) in [4.78, 5) is 11.8. The van der Waals surface area contributed by atoms with E-state index in [9.17, 15) is 0 Å². The van der Waals surface area contributed by atoms with Gasteiger partial charge in [0.05, 0.1) is 12.2 Å². The minimum absolute atomic E-state index is 0.656. The number of hydrogen-bond donors (Lipinski definition) is 2. The van der Waals surface area contributed by atoms with Gasteiger partial charge in [-0.15, -0.1) is 0 Å². The number of nitrogens with one attached hydrogen (secondary N) is 2. The van der Waals surface area contributed by atoms with Crippen molar-refractivity contribution >= 4 is 16.7 Å². The van der Waals surface area contributed by atoms with Crippen LogP contribution in [0, 0.1) is 20.8 Å². The van der Waals surface area contributed by atoms with Crippen LogP contribution < -0.4 is 5.32 Å². The Labute approximate surface area is 92.1 Å². The maximum absolute atomic E-state index is 4.37. The summed E-state index contributed by atoms with van der Waals surface area (Å²) < 4.78 is 4.09. The molecule has 0 fully saturated rings. The van der Waals surface area contributed by atoms with Gasteiger partial charge in [0.2, 0.25) is 5.13 Å². The molecule has 0 radical (unpaired) electrons. The fourth-order valence-electron chi connectivity index (χ4n) is 1.23. The van der Waals surface area contributed by atoms with Crippen molar-refractivity contribution < 1.29 is 0 Å². The number of H-pyrrole nitrogens is 1. The van der Waals surface area contributed by atoms with Crippen molar-refractivity contribution in [2.24, 2.45) is 0 Å². The van der Waals surface area contributed by atoms with E-state index < -0.39 is 0 Å². The zero-order valence-corrected chi connectivity index (χ0v) is 9.77. The smallest absolute Gasteiger partial charge is 0.202 e. The van der Waals surface area contributed by atoms with E-state index in [0.717, 1.165) is 28.2 Å². The van der Waals surface area contributed by atoms with Crippen molar-refractivity contribution in [2.45, 2.75) is 27.3 Å². The highest BCUT2D eigenvalue weighted by molar-refractivity contribution is 7.09. The average molecular weight is 223 g/mol. The lowest BCUT2D eigenvalue weighted by molar-refractivity contribution is 0.980. The van der Waals surface area contributed by atoms with E-state index in [1.807, 2.05) is 20.8 Å². The molecule has 0 saturated carbocycles. The predicted octanol–water partition coefficient (Wildman–Crippen LogP) is 1.80. The largest absolute Gasteiger partial charge is 0.353 e. The summed E-state index contributed by atoms with van der Waals surface area (Å²) in [6.45, 7) is 6.54. The van der Waals surface area contributed by atoms with E-state index in [1.165, 1.54) is 11.5 Å². The summed E-state index contributed by atoms with van der Waals surface area (Å²) in [6.07, 6.45) is 0. The van der Waals surface area contributed by atoms with Crippen LogP contribution in [-0.4, -0.2) is 19.3 Å². The van der Waals surface area contributed by atoms with Gasteiger partial charge in [-0.2, -0.15) is 4.37 Å². The first-order valence-electron chi connectivity index (χ1n) is 4.71. The van der Waals surface area contributed by atoms with Crippen LogP contribution in [0.5, 0.6) is 0 Å². The van der Waals surface area contributed by atoms with Gasteiger partial charge in [0.15, 0.2) is 0 Å². The minimum Gasteiger partial charge on any atom is -0.353 e. The molecule has 6 heteroatoms. The van der Waals surface area contributed by atoms with Gasteiger partial charge in [-0.05, 0) is 20.8 Å². The number of hydrogen-bond acceptors (Lipinski definition) is 5. The highest BCUT2D eigenvalue weighted by atomic mass is 32.1. The molecule has 0 aliphatic heterocycles. The zero-order valence-electron chi connectivity index (χ0n) is 8.96. The highest BCUT2D eigenvalue weighted by Gasteiger charge is 2.03. The summed E-state index contributed by atoms with van der Waals surface area (Å²) >= 11 is 1.37. The van der Waals surface area contributed by atoms with Crippen molar-refractivity contribution in [1.82, 2.24) is 19.3 Å². The monoisotopic (exact) mass is 223 g/mol. The molecule has 2 aromatic heterocycles. The number of aromatic nitrogens is 4. The van der Waals surface area contributed by atoms with Gasteiger partial charge < -0.3 is 10.3 Å². The third kappa shape index (κ3) is 2.33. The summed E-state index contributed by atoms with van der Waals surface area (Å²) in [7, 11) is 0. The lowest BCUT2D eigenvalue weighted by Gasteiger charge is -1.97. The standard InChI is InChI=1S/C9H13N5S/c1-5-6(2)12-8(11-5)4-10-9-13-7(3)14-15-9/h4H2,1-3H3,(H,11,12)(H,10,13,14). The Kier molecular flexibility index (Phi) is 2.68. The Balaban J connectivity index is 1.99. The minimum atomic E-state index is 0.656. The van der Waals surface area contributed by atoms with E-state index in [-0.39, 0.29) is 0 Å². The van der Waals surface area contributed by atoms with Crippen LogP contribution in [0.15, 0.2) is 0 Å². The molecule has 0 aliphatic rings. The Hall–Kier alpha value is -1.43. The molecule has 0 amide bonds. The van der Waals surface area contributed by atoms with Crippen molar-refractivity contribution in [2.75, 3.05) is 5.32 Å². The average Bonchev–Trinajstić information content (AvgIpc) is 2.72. The predicted molar refractivity (Wildman–Crippen MR) is 60.0 cm³/mol. The second-order valence-corrected chi connectivity index (χ2v) is 4.15. The third-order valence-corrected chi connectivity index (χ3v) is 2.88. The van der Waals surface area contributed by atoms with E-state index >= 15 is 0 Å². The second kappa shape index (κ2) is 3.98. The van der Waals surface area contributed by atoms with E-state index in [1.54, 1.807) is 0 Å². The van der Waals surface area contributed by atoms with Crippen molar-refractivity contribution in [3.63, 3.8) is 0 Å². The normalized spacial score (nSPS) is 10.6. The Morgan fingerprint density at radius 2 is 2.07 bits per heavy atom. The van der Waals surface area contributed by atoms with Crippen LogP contribution in [0.2, 0.25) is 0 Å². The van der Waals surface area contributed by atoms with Gasteiger partial charge in [-0.3, -0.25) is 0 Å². The van der Waals surface area contributed by atoms with Gasteiger partial charge in [0.25, 0.3) is 0 Å². The molecule has 0 atom stereocenters. The molecule has 15 heavy (non-hydrogen) atoms. The number of aromatic amines is 1. The maximum Gasteiger partial charge on any atom is 0.202 e. The topological polar surface area (TPSA) is 66.5 Å². The number of nitrogens with zero attached hydrogens (tertiary/aromatic N) is 3. The molecule has 5 nitrogen and oxygen atoms in total. The number of aryl methyl sites for hydroxylation is 3. The Bertz CT molecular complexity index is 439. The van der Waals surface area contributed by atoms with Crippen LogP contribution >= 0.6 is 11.5 Å². The number of rotatable bonds is 3. The molecule has 80 valence electrons. The van der Waals surface area contributed by atoms with Crippen LogP contribution in [0.25, 0.3) is 0 Å². The fourth-order valence-corrected chi connectivity index (χ4v) is 1.80. The van der Waals surface area contributed by atoms with E-state index in [2.05, 4.69) is 24.6 Å². The molecule has 0 aliphatic carbocycles. The van der Waals surface area contributed by atoms with Crippen LogP contribution in [0.1, 0.15) is 23.0 Å². The van der Waals surface area contributed by atoms with E-state index in [4.69, 9.17) is 0 Å². The van der Waals surface area contributed by atoms with Gasteiger partial charge >= 0.3 is 0 Å². The molecule has 0 bridgehead atoms. The van der Waals surface area contributed by atoms with Crippen LogP contribution in [-0.2, 0) is 6.54 Å². The van der Waals surface area contributed by atoms with Gasteiger partial charge in [-0.1, -0.05) is 0 Å². The van der Waals surface area contributed by atoms with Gasteiger partial charge in [0, 0.05) is 17.2 Å². The molecular weight excluding hydrogens is 210 g/mol. The molecule has 2 rings (SSSR count). The quantitative estimate of drug-likeness (QED) is 0.832. The molecule has 0 aromatic carbocycles. The first-order valence-corrected chi connectivity index (χ1v) is 5.49. The highest BCUT2D eigenvalue weighted by Crippen LogP contribution is 2.11. The zero-order chi connectivity index (χ0) is 10.8. The third-order valence-electron chi connectivity index (χ3n) is 2.11. The van der Waals surface area contributed by atoms with Crippen molar-refractivity contribution in [3.05, 3.63) is 23.0 Å². The maximum atomic E-state index is 4.37. The molecular formula is C9H13N5S. The molecule has 0 saturated heterocycles. The number of imidazole rings is 1. The SMILES string of the molecule is Cc1nsc(NCc2nc(C)c(C)[nH]2)n1. The molecule has 2 N–H and O–H groups in total. The van der Waals surface area contributed by atoms with Crippen molar-refractivity contribution in [1.29, 1.82) is 0 Å². The van der Waals surface area contributed by atoms with Crippen LogP contribution in [0.3, 0.4) is 0 Å². The van der Waals surface area contributed by atoms with Crippen molar-refractivity contribution in [3.8, 4) is 0 Å². The summed E-state index contributed by atoms with van der Waals surface area (Å²) in [6, 6.07) is 0. The Morgan fingerprint density at radius 3 is 2.60 bits per heavy atom. The summed E-state index contributed by atoms with van der Waals surface area (Å²) in [5.41, 5.74) is 2.15. The second-order valence-electron chi connectivity index (χ2n) is 3.39. The van der Waals surface area contributed by atoms with E-state index in [0.29, 0.717) is 6.54 Å². The van der Waals surface area contributed by atoms with Crippen LogP contribution in [0.4, 0.5) is 5.13 Å².